The Hall–Kier alpha value is -2.90. The third-order valence-electron chi connectivity index (χ3n) is 4.92. The number of hydrogen-bond donors (Lipinski definition) is 1. The number of carbonyl (C=O) groups excluding carboxylic acids is 1. The summed E-state index contributed by atoms with van der Waals surface area (Å²) in [5.74, 6) is 1.60. The summed E-state index contributed by atoms with van der Waals surface area (Å²) >= 11 is 0. The van der Waals surface area contributed by atoms with Crippen LogP contribution in [0.25, 0.3) is 10.9 Å². The van der Waals surface area contributed by atoms with Crippen molar-refractivity contribution in [3.05, 3.63) is 30.2 Å². The molecule has 3 aromatic rings. The van der Waals surface area contributed by atoms with Gasteiger partial charge in [-0.1, -0.05) is 12.1 Å². The molecule has 1 N–H and O–H groups in total. The molecule has 4 heterocycles. The van der Waals surface area contributed by atoms with E-state index in [1.54, 1.807) is 0 Å². The van der Waals surface area contributed by atoms with Crippen molar-refractivity contribution in [1.29, 1.82) is 0 Å². The van der Waals surface area contributed by atoms with Crippen LogP contribution in [0.3, 0.4) is 0 Å². The van der Waals surface area contributed by atoms with Crippen LogP contribution in [0.2, 0.25) is 0 Å². The zero-order chi connectivity index (χ0) is 16.8. The van der Waals surface area contributed by atoms with Gasteiger partial charge < -0.3 is 14.7 Å². The van der Waals surface area contributed by atoms with Gasteiger partial charge in [0.15, 0.2) is 0 Å². The molecule has 1 unspecified atom stereocenters. The molecule has 128 valence electrons. The highest BCUT2D eigenvalue weighted by Crippen LogP contribution is 2.29. The Morgan fingerprint density at radius 2 is 2.08 bits per heavy atom. The summed E-state index contributed by atoms with van der Waals surface area (Å²) in [4.78, 5) is 19.1. The molecule has 1 fully saturated rings. The SMILES string of the molecule is O=C1Nc2c3ccccc3nn2CC1Cc1nc(N2CCCC2)no1. The first-order chi connectivity index (χ1) is 12.3. The normalized spacial score (nSPS) is 20.1. The van der Waals surface area contributed by atoms with E-state index < -0.39 is 0 Å². The molecule has 1 atom stereocenters. The Morgan fingerprint density at radius 3 is 2.96 bits per heavy atom. The lowest BCUT2D eigenvalue weighted by Crippen LogP contribution is -2.35. The van der Waals surface area contributed by atoms with Crippen LogP contribution < -0.4 is 10.2 Å². The van der Waals surface area contributed by atoms with Gasteiger partial charge in [0.05, 0.1) is 18.0 Å². The first kappa shape index (κ1) is 14.4. The number of amides is 1. The van der Waals surface area contributed by atoms with Crippen molar-refractivity contribution in [2.45, 2.75) is 25.8 Å². The molecule has 0 spiro atoms. The number of nitrogens with zero attached hydrogens (tertiary/aromatic N) is 5. The number of carbonyl (C=O) groups is 1. The second-order valence-electron chi connectivity index (χ2n) is 6.62. The van der Waals surface area contributed by atoms with Gasteiger partial charge in [-0.2, -0.15) is 10.1 Å². The molecule has 8 nitrogen and oxygen atoms in total. The third kappa shape index (κ3) is 2.45. The summed E-state index contributed by atoms with van der Waals surface area (Å²) in [7, 11) is 0. The van der Waals surface area contributed by atoms with Crippen LogP contribution in [-0.2, 0) is 17.8 Å². The van der Waals surface area contributed by atoms with Crippen LogP contribution in [0, 0.1) is 5.92 Å². The minimum Gasteiger partial charge on any atom is -0.338 e. The number of benzene rings is 1. The molecule has 0 aliphatic carbocycles. The Labute approximate surface area is 143 Å². The van der Waals surface area contributed by atoms with Crippen molar-refractivity contribution in [3.8, 4) is 0 Å². The van der Waals surface area contributed by atoms with Crippen molar-refractivity contribution >= 4 is 28.6 Å². The molecule has 1 saturated heterocycles. The van der Waals surface area contributed by atoms with Gasteiger partial charge in [0.2, 0.25) is 11.8 Å². The Kier molecular flexibility index (Phi) is 3.22. The first-order valence-electron chi connectivity index (χ1n) is 8.62. The highest BCUT2D eigenvalue weighted by Gasteiger charge is 2.30. The monoisotopic (exact) mass is 338 g/mol. The molecular weight excluding hydrogens is 320 g/mol. The maximum absolute atomic E-state index is 12.5. The topological polar surface area (TPSA) is 89.1 Å². The van der Waals surface area contributed by atoms with Crippen molar-refractivity contribution in [1.82, 2.24) is 19.9 Å². The van der Waals surface area contributed by atoms with Gasteiger partial charge in [-0.3, -0.25) is 4.79 Å². The van der Waals surface area contributed by atoms with Gasteiger partial charge in [0.25, 0.3) is 5.95 Å². The van der Waals surface area contributed by atoms with E-state index in [1.165, 1.54) is 0 Å². The smallest absolute Gasteiger partial charge is 0.266 e. The zero-order valence-corrected chi connectivity index (χ0v) is 13.7. The average Bonchev–Trinajstić information content (AvgIpc) is 3.34. The molecule has 8 heteroatoms. The van der Waals surface area contributed by atoms with Crippen molar-refractivity contribution in [2.75, 3.05) is 23.3 Å². The lowest BCUT2D eigenvalue weighted by atomic mass is 10.0. The standard InChI is InChI=1S/C17H18N6O2/c24-16-11(9-14-18-17(21-25-14)22-7-3-4-8-22)10-23-15(19-16)12-5-1-2-6-13(12)20-23/h1-2,5-6,11H,3-4,7-10H2,(H,19,24). The molecular formula is C17H18N6O2. The third-order valence-corrected chi connectivity index (χ3v) is 4.92. The van der Waals surface area contributed by atoms with Crippen LogP contribution >= 0.6 is 0 Å². The van der Waals surface area contributed by atoms with Crippen LogP contribution in [0.15, 0.2) is 28.8 Å². The summed E-state index contributed by atoms with van der Waals surface area (Å²) < 4.78 is 7.22. The highest BCUT2D eigenvalue weighted by atomic mass is 16.5. The Bertz CT molecular complexity index is 940. The summed E-state index contributed by atoms with van der Waals surface area (Å²) in [6.07, 6.45) is 2.73. The van der Waals surface area contributed by atoms with E-state index >= 15 is 0 Å². The molecule has 5 rings (SSSR count). The number of rotatable bonds is 3. The van der Waals surface area contributed by atoms with Crippen LogP contribution in [0.4, 0.5) is 11.8 Å². The lowest BCUT2D eigenvalue weighted by molar-refractivity contribution is -0.121. The van der Waals surface area contributed by atoms with E-state index in [2.05, 4.69) is 25.5 Å². The summed E-state index contributed by atoms with van der Waals surface area (Å²) in [6.45, 7) is 2.44. The van der Waals surface area contributed by atoms with Crippen LogP contribution in [0.5, 0.6) is 0 Å². The summed E-state index contributed by atoms with van der Waals surface area (Å²) in [6, 6.07) is 7.80. The predicted molar refractivity (Wildman–Crippen MR) is 91.3 cm³/mol. The predicted octanol–water partition coefficient (Wildman–Crippen LogP) is 1.83. The molecule has 2 aliphatic heterocycles. The molecule has 2 aliphatic rings. The summed E-state index contributed by atoms with van der Waals surface area (Å²) in [5.41, 5.74) is 0.882. The molecule has 2 aromatic heterocycles. The number of fused-ring (bicyclic) bond motifs is 3. The van der Waals surface area contributed by atoms with E-state index in [4.69, 9.17) is 4.52 Å². The number of nitrogens with one attached hydrogen (secondary N) is 1. The Morgan fingerprint density at radius 1 is 1.24 bits per heavy atom. The summed E-state index contributed by atoms with van der Waals surface area (Å²) in [5, 5.41) is 12.6. The number of anilines is 2. The van der Waals surface area contributed by atoms with Gasteiger partial charge in [-0.05, 0) is 30.1 Å². The van der Waals surface area contributed by atoms with E-state index in [9.17, 15) is 4.79 Å². The fourth-order valence-electron chi connectivity index (χ4n) is 3.60. The molecule has 0 saturated carbocycles. The quantitative estimate of drug-likeness (QED) is 0.784. The van der Waals surface area contributed by atoms with Crippen molar-refractivity contribution < 1.29 is 9.32 Å². The molecule has 1 amide bonds. The average molecular weight is 338 g/mol. The van der Waals surface area contributed by atoms with Crippen molar-refractivity contribution in [3.63, 3.8) is 0 Å². The van der Waals surface area contributed by atoms with E-state index in [0.29, 0.717) is 24.8 Å². The van der Waals surface area contributed by atoms with Crippen molar-refractivity contribution in [2.24, 2.45) is 5.92 Å². The molecule has 0 bridgehead atoms. The number of aromatic nitrogens is 4. The van der Waals surface area contributed by atoms with Crippen LogP contribution in [0.1, 0.15) is 18.7 Å². The van der Waals surface area contributed by atoms with Gasteiger partial charge >= 0.3 is 0 Å². The fraction of sp³-hybridized carbons (Fsp3) is 0.412. The maximum atomic E-state index is 12.5. The largest absolute Gasteiger partial charge is 0.338 e. The van der Waals surface area contributed by atoms with E-state index in [-0.39, 0.29) is 11.8 Å². The van der Waals surface area contributed by atoms with Gasteiger partial charge in [0.1, 0.15) is 5.82 Å². The molecule has 0 radical (unpaired) electrons. The number of hydrogen-bond acceptors (Lipinski definition) is 6. The Balaban J connectivity index is 1.37. The maximum Gasteiger partial charge on any atom is 0.266 e. The minimum atomic E-state index is -0.270. The molecule has 1 aromatic carbocycles. The lowest BCUT2D eigenvalue weighted by Gasteiger charge is -2.22. The highest BCUT2D eigenvalue weighted by molar-refractivity contribution is 6.02. The van der Waals surface area contributed by atoms with Gasteiger partial charge in [-0.25, -0.2) is 4.68 Å². The zero-order valence-electron chi connectivity index (χ0n) is 13.7. The fourth-order valence-corrected chi connectivity index (χ4v) is 3.60. The minimum absolute atomic E-state index is 0.0286. The first-order valence-corrected chi connectivity index (χ1v) is 8.62. The van der Waals surface area contributed by atoms with E-state index in [0.717, 1.165) is 42.7 Å². The van der Waals surface area contributed by atoms with Crippen LogP contribution in [-0.4, -0.2) is 38.9 Å². The molecule has 25 heavy (non-hydrogen) atoms. The van der Waals surface area contributed by atoms with Gasteiger partial charge in [-0.15, -0.1) is 0 Å². The second kappa shape index (κ2) is 5.58. The van der Waals surface area contributed by atoms with E-state index in [1.807, 2.05) is 28.9 Å². The second-order valence-corrected chi connectivity index (χ2v) is 6.62. The van der Waals surface area contributed by atoms with Gasteiger partial charge in [0, 0.05) is 24.9 Å².